The quantitative estimate of drug-likeness (QED) is 0.821. The lowest BCUT2D eigenvalue weighted by Crippen LogP contribution is -2.19. The van der Waals surface area contributed by atoms with Gasteiger partial charge >= 0.3 is 0 Å². The molecule has 2 rings (SSSR count). The average molecular weight is 249 g/mol. The molecule has 1 aliphatic rings. The molecule has 0 spiro atoms. The molecule has 1 aromatic carbocycles. The number of nitrogens with one attached hydrogen (secondary N) is 1. The Hall–Kier alpha value is -0.470. The van der Waals surface area contributed by atoms with Gasteiger partial charge in [-0.1, -0.05) is 43.2 Å². The third-order valence-electron chi connectivity index (χ3n) is 3.66. The summed E-state index contributed by atoms with van der Waals surface area (Å²) >= 11 is 2.12. The minimum Gasteiger partial charge on any atom is -0.312 e. The van der Waals surface area contributed by atoms with Crippen LogP contribution >= 0.6 is 11.8 Å². The Bertz CT molecular complexity index is 306. The zero-order valence-corrected chi connectivity index (χ0v) is 11.5. The summed E-state index contributed by atoms with van der Waals surface area (Å²) in [6.45, 7) is 0. The second-order valence-electron chi connectivity index (χ2n) is 4.94. The van der Waals surface area contributed by atoms with E-state index in [0.29, 0.717) is 6.04 Å². The smallest absolute Gasteiger partial charge is 0.0409 e. The van der Waals surface area contributed by atoms with Crippen LogP contribution in [0.25, 0.3) is 0 Å². The molecular weight excluding hydrogens is 226 g/mol. The number of hydrogen-bond acceptors (Lipinski definition) is 2. The number of benzene rings is 1. The van der Waals surface area contributed by atoms with Crippen LogP contribution < -0.4 is 5.32 Å². The fourth-order valence-corrected chi connectivity index (χ4v) is 3.96. The van der Waals surface area contributed by atoms with Gasteiger partial charge in [-0.25, -0.2) is 0 Å². The topological polar surface area (TPSA) is 12.0 Å². The minimum absolute atomic E-state index is 0.502. The second-order valence-corrected chi connectivity index (χ2v) is 6.01. The van der Waals surface area contributed by atoms with E-state index in [2.05, 4.69) is 54.5 Å². The highest BCUT2D eigenvalue weighted by atomic mass is 32.2. The summed E-state index contributed by atoms with van der Waals surface area (Å²) in [5.74, 6) is 3.54. The zero-order chi connectivity index (χ0) is 11.9. The first-order valence-corrected chi connectivity index (χ1v) is 7.85. The van der Waals surface area contributed by atoms with Crippen molar-refractivity contribution in [3.63, 3.8) is 0 Å². The number of rotatable bonds is 6. The summed E-state index contributed by atoms with van der Waals surface area (Å²) in [7, 11) is 2.06. The second kappa shape index (κ2) is 7.07. The summed E-state index contributed by atoms with van der Waals surface area (Å²) in [4.78, 5) is 0. The van der Waals surface area contributed by atoms with Crippen LogP contribution in [0.4, 0.5) is 0 Å². The molecule has 1 saturated carbocycles. The van der Waals surface area contributed by atoms with Gasteiger partial charge in [0, 0.05) is 11.8 Å². The van der Waals surface area contributed by atoms with Crippen LogP contribution in [0.5, 0.6) is 0 Å². The molecule has 0 aliphatic heterocycles. The molecule has 0 aromatic heterocycles. The first-order chi connectivity index (χ1) is 8.40. The number of hydrogen-bond donors (Lipinski definition) is 1. The maximum absolute atomic E-state index is 3.42. The summed E-state index contributed by atoms with van der Waals surface area (Å²) in [6, 6.07) is 11.3. The van der Waals surface area contributed by atoms with Crippen molar-refractivity contribution in [3.8, 4) is 0 Å². The lowest BCUT2D eigenvalue weighted by Gasteiger charge is -2.17. The minimum atomic E-state index is 0.502. The predicted molar refractivity (Wildman–Crippen MR) is 77.5 cm³/mol. The van der Waals surface area contributed by atoms with Gasteiger partial charge in [0.25, 0.3) is 0 Å². The van der Waals surface area contributed by atoms with Crippen LogP contribution in [0.15, 0.2) is 30.3 Å². The van der Waals surface area contributed by atoms with E-state index >= 15 is 0 Å². The van der Waals surface area contributed by atoms with Gasteiger partial charge in [0.05, 0.1) is 0 Å². The fourth-order valence-electron chi connectivity index (χ4n) is 2.56. The van der Waals surface area contributed by atoms with Crippen LogP contribution in [0.2, 0.25) is 0 Å². The van der Waals surface area contributed by atoms with E-state index in [1.165, 1.54) is 42.8 Å². The molecule has 0 saturated heterocycles. The molecule has 1 unspecified atom stereocenters. The van der Waals surface area contributed by atoms with Crippen molar-refractivity contribution in [1.29, 1.82) is 0 Å². The van der Waals surface area contributed by atoms with Crippen LogP contribution in [0, 0.1) is 5.92 Å². The molecule has 1 fully saturated rings. The van der Waals surface area contributed by atoms with Crippen molar-refractivity contribution in [2.75, 3.05) is 18.6 Å². The fraction of sp³-hybridized carbons (Fsp3) is 0.600. The third-order valence-corrected chi connectivity index (χ3v) is 4.94. The maximum Gasteiger partial charge on any atom is 0.0409 e. The molecule has 2 heteroatoms. The molecule has 1 N–H and O–H groups in total. The molecule has 0 radical (unpaired) electrons. The SMILES string of the molecule is CNC(CSCC1CCCC1)c1ccccc1. The van der Waals surface area contributed by atoms with Gasteiger partial charge in [-0.05, 0) is 37.1 Å². The molecule has 1 aromatic rings. The Labute approximate surface area is 109 Å². The van der Waals surface area contributed by atoms with E-state index in [1.54, 1.807) is 0 Å². The molecule has 94 valence electrons. The van der Waals surface area contributed by atoms with Crippen LogP contribution in [-0.4, -0.2) is 18.6 Å². The van der Waals surface area contributed by atoms with Gasteiger partial charge < -0.3 is 5.32 Å². The molecular formula is C15H23NS. The van der Waals surface area contributed by atoms with Gasteiger partial charge in [-0.15, -0.1) is 0 Å². The normalized spacial score (nSPS) is 18.4. The molecule has 1 aliphatic carbocycles. The highest BCUT2D eigenvalue weighted by molar-refractivity contribution is 7.99. The Kier molecular flexibility index (Phi) is 5.40. The van der Waals surface area contributed by atoms with Crippen molar-refractivity contribution in [1.82, 2.24) is 5.32 Å². The Morgan fingerprint density at radius 3 is 2.59 bits per heavy atom. The Balaban J connectivity index is 1.75. The lowest BCUT2D eigenvalue weighted by molar-refractivity contribution is 0.618. The summed E-state index contributed by atoms with van der Waals surface area (Å²) < 4.78 is 0. The van der Waals surface area contributed by atoms with Crippen molar-refractivity contribution in [2.45, 2.75) is 31.7 Å². The first kappa shape index (κ1) is 13.0. The van der Waals surface area contributed by atoms with Crippen LogP contribution in [0.3, 0.4) is 0 Å². The van der Waals surface area contributed by atoms with Gasteiger partial charge in [0.2, 0.25) is 0 Å². The zero-order valence-electron chi connectivity index (χ0n) is 10.7. The summed E-state index contributed by atoms with van der Waals surface area (Å²) in [6.07, 6.45) is 5.84. The van der Waals surface area contributed by atoms with Crippen LogP contribution in [-0.2, 0) is 0 Å². The predicted octanol–water partition coefficient (Wildman–Crippen LogP) is 3.87. The van der Waals surface area contributed by atoms with Gasteiger partial charge in [0.15, 0.2) is 0 Å². The van der Waals surface area contributed by atoms with E-state index in [9.17, 15) is 0 Å². The maximum atomic E-state index is 3.42. The Morgan fingerprint density at radius 1 is 1.24 bits per heavy atom. The van der Waals surface area contributed by atoms with Gasteiger partial charge in [-0.2, -0.15) is 11.8 Å². The van der Waals surface area contributed by atoms with E-state index in [4.69, 9.17) is 0 Å². The Morgan fingerprint density at radius 2 is 1.94 bits per heavy atom. The van der Waals surface area contributed by atoms with Gasteiger partial charge in [0.1, 0.15) is 0 Å². The van der Waals surface area contributed by atoms with E-state index in [1.807, 2.05) is 0 Å². The monoisotopic (exact) mass is 249 g/mol. The first-order valence-electron chi connectivity index (χ1n) is 6.70. The van der Waals surface area contributed by atoms with Crippen molar-refractivity contribution in [2.24, 2.45) is 5.92 Å². The third kappa shape index (κ3) is 4.04. The highest BCUT2D eigenvalue weighted by Crippen LogP contribution is 2.29. The standard InChI is InChI=1S/C15H23NS/c1-16-15(14-9-3-2-4-10-14)12-17-11-13-7-5-6-8-13/h2-4,9-10,13,15-16H,5-8,11-12H2,1H3. The molecule has 17 heavy (non-hydrogen) atoms. The van der Waals surface area contributed by atoms with Crippen LogP contribution in [0.1, 0.15) is 37.3 Å². The molecule has 0 heterocycles. The van der Waals surface area contributed by atoms with Crippen molar-refractivity contribution >= 4 is 11.8 Å². The average Bonchev–Trinajstić information content (AvgIpc) is 2.89. The van der Waals surface area contributed by atoms with Gasteiger partial charge in [-0.3, -0.25) is 0 Å². The van der Waals surface area contributed by atoms with E-state index in [0.717, 1.165) is 5.92 Å². The van der Waals surface area contributed by atoms with Crippen molar-refractivity contribution in [3.05, 3.63) is 35.9 Å². The number of thioether (sulfide) groups is 1. The van der Waals surface area contributed by atoms with E-state index < -0.39 is 0 Å². The largest absolute Gasteiger partial charge is 0.312 e. The summed E-state index contributed by atoms with van der Waals surface area (Å²) in [5, 5.41) is 3.42. The molecule has 1 atom stereocenters. The molecule has 0 amide bonds. The highest BCUT2D eigenvalue weighted by Gasteiger charge is 2.16. The molecule has 1 nitrogen and oxygen atoms in total. The van der Waals surface area contributed by atoms with E-state index in [-0.39, 0.29) is 0 Å². The lowest BCUT2D eigenvalue weighted by atomic mass is 10.1. The molecule has 0 bridgehead atoms. The van der Waals surface area contributed by atoms with Crippen molar-refractivity contribution < 1.29 is 0 Å². The summed E-state index contributed by atoms with van der Waals surface area (Å²) in [5.41, 5.74) is 1.41.